The largest absolute Gasteiger partial charge is 0.497 e. The molecule has 0 aromatic heterocycles. The number of ether oxygens (including phenoxy) is 2. The monoisotopic (exact) mass is 335 g/mol. The normalized spacial score (nSPS) is 10.1. The minimum Gasteiger partial charge on any atom is -0.497 e. The molecule has 5 heteroatoms. The molecule has 0 saturated heterocycles. The molecule has 2 rings (SSSR count). The van der Waals surface area contributed by atoms with Gasteiger partial charge in [0.25, 0.3) is 0 Å². The third-order valence-corrected chi connectivity index (χ3v) is 3.51. The van der Waals surface area contributed by atoms with E-state index in [4.69, 9.17) is 15.2 Å². The summed E-state index contributed by atoms with van der Waals surface area (Å²) in [4.78, 5) is 11.9. The molecule has 0 unspecified atom stereocenters. The van der Waals surface area contributed by atoms with Gasteiger partial charge in [-0.2, -0.15) is 0 Å². The number of nitrogens with two attached hydrogens (primary N) is 1. The molecule has 2 aromatic carbocycles. The van der Waals surface area contributed by atoms with Crippen molar-refractivity contribution in [2.45, 2.75) is 6.61 Å². The Morgan fingerprint density at radius 1 is 1.25 bits per heavy atom. The summed E-state index contributed by atoms with van der Waals surface area (Å²) >= 11 is 3.41. The van der Waals surface area contributed by atoms with Crippen LogP contribution in [0.4, 0.5) is 5.69 Å². The fourth-order valence-corrected chi connectivity index (χ4v) is 2.04. The van der Waals surface area contributed by atoms with E-state index in [0.717, 1.165) is 10.0 Å². The fourth-order valence-electron chi connectivity index (χ4n) is 1.68. The molecule has 0 radical (unpaired) electrons. The first-order valence-corrected chi connectivity index (χ1v) is 6.74. The molecule has 2 aromatic rings. The number of nitrogen functional groups attached to an aromatic ring is 1. The van der Waals surface area contributed by atoms with E-state index in [1.165, 1.54) is 0 Å². The average Bonchev–Trinajstić information content (AvgIpc) is 2.46. The molecule has 0 saturated carbocycles. The van der Waals surface area contributed by atoms with Gasteiger partial charge in [0.1, 0.15) is 12.4 Å². The molecule has 104 valence electrons. The van der Waals surface area contributed by atoms with Gasteiger partial charge in [0.05, 0.1) is 12.7 Å². The molecule has 0 amide bonds. The summed E-state index contributed by atoms with van der Waals surface area (Å²) in [6, 6.07) is 12.2. The number of esters is 1. The minimum atomic E-state index is -0.410. The van der Waals surface area contributed by atoms with Gasteiger partial charge >= 0.3 is 5.97 Å². The number of hydrogen-bond acceptors (Lipinski definition) is 4. The van der Waals surface area contributed by atoms with Crippen LogP contribution < -0.4 is 10.5 Å². The number of methoxy groups -OCH3 is 1. The summed E-state index contributed by atoms with van der Waals surface area (Å²) in [5.41, 5.74) is 7.43. The summed E-state index contributed by atoms with van der Waals surface area (Å²) in [7, 11) is 1.59. The highest BCUT2D eigenvalue weighted by molar-refractivity contribution is 9.10. The van der Waals surface area contributed by atoms with E-state index in [9.17, 15) is 4.79 Å². The quantitative estimate of drug-likeness (QED) is 0.687. The molecule has 0 aliphatic rings. The lowest BCUT2D eigenvalue weighted by molar-refractivity contribution is 0.0471. The van der Waals surface area contributed by atoms with E-state index in [-0.39, 0.29) is 6.61 Å². The SMILES string of the molecule is COc1ccc(Br)c(COC(=O)c2cccc(N)c2)c1. The second kappa shape index (κ2) is 6.43. The predicted octanol–water partition coefficient (Wildman–Crippen LogP) is 3.40. The maximum atomic E-state index is 11.9. The zero-order valence-corrected chi connectivity index (χ0v) is 12.5. The lowest BCUT2D eigenvalue weighted by atomic mass is 10.2. The second-order valence-corrected chi connectivity index (χ2v) is 5.01. The maximum Gasteiger partial charge on any atom is 0.338 e. The Morgan fingerprint density at radius 3 is 2.75 bits per heavy atom. The molecular formula is C15H14BrNO3. The molecule has 0 bridgehead atoms. The van der Waals surface area contributed by atoms with Crippen molar-refractivity contribution in [3.05, 3.63) is 58.1 Å². The highest BCUT2D eigenvalue weighted by atomic mass is 79.9. The van der Waals surface area contributed by atoms with Crippen molar-refractivity contribution in [3.63, 3.8) is 0 Å². The first kappa shape index (κ1) is 14.4. The van der Waals surface area contributed by atoms with E-state index in [2.05, 4.69) is 15.9 Å². The molecule has 4 nitrogen and oxygen atoms in total. The van der Waals surface area contributed by atoms with Gasteiger partial charge in [0, 0.05) is 15.7 Å². The van der Waals surface area contributed by atoms with E-state index in [1.807, 2.05) is 18.2 Å². The van der Waals surface area contributed by atoms with Crippen LogP contribution in [0.15, 0.2) is 46.9 Å². The Morgan fingerprint density at radius 2 is 2.05 bits per heavy atom. The highest BCUT2D eigenvalue weighted by Gasteiger charge is 2.09. The smallest absolute Gasteiger partial charge is 0.338 e. The van der Waals surface area contributed by atoms with E-state index < -0.39 is 5.97 Å². The molecule has 0 aliphatic heterocycles. The van der Waals surface area contributed by atoms with Crippen LogP contribution in [0.5, 0.6) is 5.75 Å². The van der Waals surface area contributed by atoms with Gasteiger partial charge in [-0.25, -0.2) is 4.79 Å². The van der Waals surface area contributed by atoms with Crippen molar-refractivity contribution < 1.29 is 14.3 Å². The van der Waals surface area contributed by atoms with Gasteiger partial charge < -0.3 is 15.2 Å². The van der Waals surface area contributed by atoms with Crippen molar-refractivity contribution in [3.8, 4) is 5.75 Å². The fraction of sp³-hybridized carbons (Fsp3) is 0.133. The Balaban J connectivity index is 2.07. The zero-order valence-electron chi connectivity index (χ0n) is 10.9. The molecular weight excluding hydrogens is 322 g/mol. The maximum absolute atomic E-state index is 11.9. The summed E-state index contributed by atoms with van der Waals surface area (Å²) in [5, 5.41) is 0. The van der Waals surface area contributed by atoms with Crippen LogP contribution in [-0.2, 0) is 11.3 Å². The molecule has 0 spiro atoms. The molecule has 20 heavy (non-hydrogen) atoms. The Labute approximate surface area is 125 Å². The first-order valence-electron chi connectivity index (χ1n) is 5.95. The number of carbonyl (C=O) groups is 1. The van der Waals surface area contributed by atoms with Crippen LogP contribution in [0.25, 0.3) is 0 Å². The van der Waals surface area contributed by atoms with Crippen LogP contribution in [0.2, 0.25) is 0 Å². The highest BCUT2D eigenvalue weighted by Crippen LogP contribution is 2.23. The molecule has 0 fully saturated rings. The second-order valence-electron chi connectivity index (χ2n) is 4.16. The lowest BCUT2D eigenvalue weighted by Crippen LogP contribution is -2.06. The zero-order chi connectivity index (χ0) is 14.5. The van der Waals surface area contributed by atoms with Crippen molar-refractivity contribution in [2.24, 2.45) is 0 Å². The lowest BCUT2D eigenvalue weighted by Gasteiger charge is -2.09. The first-order chi connectivity index (χ1) is 9.60. The van der Waals surface area contributed by atoms with Crippen LogP contribution in [0, 0.1) is 0 Å². The van der Waals surface area contributed by atoms with Crippen LogP contribution >= 0.6 is 15.9 Å². The van der Waals surface area contributed by atoms with Crippen LogP contribution in [-0.4, -0.2) is 13.1 Å². The Hall–Kier alpha value is -2.01. The predicted molar refractivity (Wildman–Crippen MR) is 80.7 cm³/mol. The van der Waals surface area contributed by atoms with Gasteiger partial charge in [0.15, 0.2) is 0 Å². The number of rotatable bonds is 4. The van der Waals surface area contributed by atoms with Crippen LogP contribution in [0.3, 0.4) is 0 Å². The number of hydrogen-bond donors (Lipinski definition) is 1. The van der Waals surface area contributed by atoms with Crippen LogP contribution in [0.1, 0.15) is 15.9 Å². The summed E-state index contributed by atoms with van der Waals surface area (Å²) in [6.45, 7) is 0.158. The average molecular weight is 336 g/mol. The molecule has 0 atom stereocenters. The van der Waals surface area contributed by atoms with Crippen molar-refractivity contribution >= 4 is 27.6 Å². The molecule has 0 heterocycles. The van der Waals surface area contributed by atoms with Gasteiger partial charge in [-0.05, 0) is 36.4 Å². The summed E-state index contributed by atoms with van der Waals surface area (Å²) in [6.07, 6.45) is 0. The van der Waals surface area contributed by atoms with E-state index >= 15 is 0 Å². The number of benzene rings is 2. The number of anilines is 1. The molecule has 0 aliphatic carbocycles. The number of carbonyl (C=O) groups excluding carboxylic acids is 1. The third kappa shape index (κ3) is 3.51. The van der Waals surface area contributed by atoms with Gasteiger partial charge in [-0.15, -0.1) is 0 Å². The topological polar surface area (TPSA) is 61.5 Å². The standard InChI is InChI=1S/C15H14BrNO3/c1-19-13-5-6-14(16)11(8-13)9-20-15(18)10-3-2-4-12(17)7-10/h2-8H,9,17H2,1H3. The summed E-state index contributed by atoms with van der Waals surface area (Å²) < 4.78 is 11.3. The summed E-state index contributed by atoms with van der Waals surface area (Å²) in [5.74, 6) is 0.301. The van der Waals surface area contributed by atoms with Crippen molar-refractivity contribution in [1.29, 1.82) is 0 Å². The van der Waals surface area contributed by atoms with E-state index in [1.54, 1.807) is 31.4 Å². The third-order valence-electron chi connectivity index (χ3n) is 2.73. The van der Waals surface area contributed by atoms with Crippen molar-refractivity contribution in [2.75, 3.05) is 12.8 Å². The van der Waals surface area contributed by atoms with E-state index in [0.29, 0.717) is 17.0 Å². The number of halogens is 1. The van der Waals surface area contributed by atoms with Gasteiger partial charge in [-0.1, -0.05) is 22.0 Å². The minimum absolute atomic E-state index is 0.158. The molecule has 2 N–H and O–H groups in total. The van der Waals surface area contributed by atoms with Crippen molar-refractivity contribution in [1.82, 2.24) is 0 Å². The Kier molecular flexibility index (Phi) is 4.63. The van der Waals surface area contributed by atoms with Gasteiger partial charge in [-0.3, -0.25) is 0 Å². The van der Waals surface area contributed by atoms with Gasteiger partial charge in [0.2, 0.25) is 0 Å². The Bertz CT molecular complexity index is 628.